The Kier molecular flexibility index (Phi) is 2.78. The maximum absolute atomic E-state index is 11.4. The third kappa shape index (κ3) is 1.98. The summed E-state index contributed by atoms with van der Waals surface area (Å²) in [5.74, 6) is -0.515. The highest BCUT2D eigenvalue weighted by Crippen LogP contribution is 2.20. The minimum absolute atomic E-state index is 0.415. The second-order valence-electron chi connectivity index (χ2n) is 4.24. The van der Waals surface area contributed by atoms with Crippen molar-refractivity contribution in [3.05, 3.63) is 66.4 Å². The number of amides is 1. The molecule has 0 atom stereocenters. The number of hydrogen-bond acceptors (Lipinski definition) is 2. The summed E-state index contributed by atoms with van der Waals surface area (Å²) >= 11 is 0. The fourth-order valence-corrected chi connectivity index (χ4v) is 2.17. The zero-order valence-electron chi connectivity index (χ0n) is 10.1. The van der Waals surface area contributed by atoms with E-state index in [2.05, 4.69) is 0 Å². The molecule has 4 nitrogen and oxygen atoms in total. The Morgan fingerprint density at radius 1 is 1.05 bits per heavy atom. The highest BCUT2D eigenvalue weighted by atomic mass is 16.5. The van der Waals surface area contributed by atoms with Crippen LogP contribution in [0.25, 0.3) is 16.6 Å². The summed E-state index contributed by atoms with van der Waals surface area (Å²) in [6.07, 6.45) is 1.96. The fraction of sp³-hybridized carbons (Fsp3) is 0. The van der Waals surface area contributed by atoms with E-state index in [9.17, 15) is 4.79 Å². The summed E-state index contributed by atoms with van der Waals surface area (Å²) in [6.45, 7) is 0. The van der Waals surface area contributed by atoms with Gasteiger partial charge in [-0.05, 0) is 35.7 Å². The molecule has 3 rings (SSSR count). The number of hydrogen-bond donors (Lipinski definition) is 2. The number of benzene rings is 2. The third-order valence-corrected chi connectivity index (χ3v) is 3.09. The maximum Gasteiger partial charge on any atom is 0.274 e. The molecule has 1 aromatic heterocycles. The van der Waals surface area contributed by atoms with Crippen LogP contribution in [0.3, 0.4) is 0 Å². The van der Waals surface area contributed by atoms with Crippen molar-refractivity contribution in [3.63, 3.8) is 0 Å². The zero-order chi connectivity index (χ0) is 13.2. The van der Waals surface area contributed by atoms with Crippen molar-refractivity contribution in [2.75, 3.05) is 0 Å². The van der Waals surface area contributed by atoms with E-state index in [0.29, 0.717) is 5.56 Å². The van der Waals surface area contributed by atoms with Gasteiger partial charge in [-0.15, -0.1) is 0 Å². The molecule has 2 N–H and O–H groups in total. The molecule has 0 saturated heterocycles. The van der Waals surface area contributed by atoms with Crippen molar-refractivity contribution >= 4 is 16.8 Å². The SMILES string of the molecule is O=C(NO)c1cccc(-n2ccc3ccccc32)c1. The minimum atomic E-state index is -0.515. The fourth-order valence-electron chi connectivity index (χ4n) is 2.17. The number of carbonyl (C=O) groups excluding carboxylic acids is 1. The molecule has 0 spiro atoms. The molecule has 19 heavy (non-hydrogen) atoms. The molecule has 0 saturated carbocycles. The molecule has 4 heteroatoms. The number of fused-ring (bicyclic) bond motifs is 1. The van der Waals surface area contributed by atoms with Crippen molar-refractivity contribution in [2.24, 2.45) is 0 Å². The predicted molar refractivity (Wildman–Crippen MR) is 72.5 cm³/mol. The van der Waals surface area contributed by atoms with Crippen molar-refractivity contribution < 1.29 is 10.0 Å². The van der Waals surface area contributed by atoms with Gasteiger partial charge in [0, 0.05) is 17.4 Å². The van der Waals surface area contributed by atoms with Gasteiger partial charge in [0.1, 0.15) is 0 Å². The van der Waals surface area contributed by atoms with Crippen molar-refractivity contribution in [3.8, 4) is 5.69 Å². The maximum atomic E-state index is 11.4. The van der Waals surface area contributed by atoms with Crippen LogP contribution in [0.5, 0.6) is 0 Å². The first kappa shape index (κ1) is 11.5. The Hall–Kier alpha value is -2.59. The number of para-hydroxylation sites is 1. The highest BCUT2D eigenvalue weighted by Gasteiger charge is 2.07. The molecular formula is C15H12N2O2. The molecular weight excluding hydrogens is 240 g/mol. The molecule has 0 unspecified atom stereocenters. The summed E-state index contributed by atoms with van der Waals surface area (Å²) in [7, 11) is 0. The van der Waals surface area contributed by atoms with Gasteiger partial charge in [-0.25, -0.2) is 5.48 Å². The molecule has 0 aliphatic carbocycles. The van der Waals surface area contributed by atoms with Crippen molar-refractivity contribution in [1.82, 2.24) is 10.0 Å². The smallest absolute Gasteiger partial charge is 0.274 e. The summed E-state index contributed by atoms with van der Waals surface area (Å²) in [6, 6.07) is 17.1. The van der Waals surface area contributed by atoms with E-state index in [1.54, 1.807) is 23.7 Å². The molecule has 3 aromatic rings. The van der Waals surface area contributed by atoms with Crippen molar-refractivity contribution in [2.45, 2.75) is 0 Å². The lowest BCUT2D eigenvalue weighted by Gasteiger charge is -2.07. The minimum Gasteiger partial charge on any atom is -0.317 e. The van der Waals surface area contributed by atoms with Crippen LogP contribution in [0.15, 0.2) is 60.8 Å². The van der Waals surface area contributed by atoms with Crippen LogP contribution in [0.1, 0.15) is 10.4 Å². The Morgan fingerprint density at radius 2 is 1.89 bits per heavy atom. The number of nitrogens with one attached hydrogen (secondary N) is 1. The number of carbonyl (C=O) groups is 1. The molecule has 1 heterocycles. The molecule has 0 fully saturated rings. The molecule has 0 aliphatic heterocycles. The first-order valence-corrected chi connectivity index (χ1v) is 5.90. The average Bonchev–Trinajstić information content (AvgIpc) is 2.90. The lowest BCUT2D eigenvalue weighted by Crippen LogP contribution is -2.18. The van der Waals surface area contributed by atoms with Gasteiger partial charge in [0.15, 0.2) is 0 Å². The molecule has 1 amide bonds. The van der Waals surface area contributed by atoms with Gasteiger partial charge in [-0.2, -0.15) is 0 Å². The van der Waals surface area contributed by atoms with Crippen molar-refractivity contribution in [1.29, 1.82) is 0 Å². The summed E-state index contributed by atoms with van der Waals surface area (Å²) in [5, 5.41) is 9.81. The quantitative estimate of drug-likeness (QED) is 0.544. The summed E-state index contributed by atoms with van der Waals surface area (Å²) in [5.41, 5.74) is 4.01. The first-order chi connectivity index (χ1) is 9.29. The topological polar surface area (TPSA) is 54.3 Å². The molecule has 2 aromatic carbocycles. The molecule has 0 aliphatic rings. The van der Waals surface area contributed by atoms with E-state index >= 15 is 0 Å². The Labute approximate surface area is 109 Å². The average molecular weight is 252 g/mol. The summed E-state index contributed by atoms with van der Waals surface area (Å²) in [4.78, 5) is 11.4. The van der Waals surface area contributed by atoms with Gasteiger partial charge < -0.3 is 4.57 Å². The monoisotopic (exact) mass is 252 g/mol. The number of aromatic nitrogens is 1. The molecule has 0 radical (unpaired) electrons. The highest BCUT2D eigenvalue weighted by molar-refractivity contribution is 5.94. The first-order valence-electron chi connectivity index (χ1n) is 5.90. The zero-order valence-corrected chi connectivity index (χ0v) is 10.1. The van der Waals surface area contributed by atoms with Gasteiger partial charge in [0.05, 0.1) is 5.52 Å². The van der Waals surface area contributed by atoms with Gasteiger partial charge >= 0.3 is 0 Å². The number of nitrogens with zero attached hydrogens (tertiary/aromatic N) is 1. The van der Waals surface area contributed by atoms with E-state index in [4.69, 9.17) is 5.21 Å². The Bertz CT molecular complexity index is 746. The lowest BCUT2D eigenvalue weighted by molar-refractivity contribution is 0.0706. The van der Waals surface area contributed by atoms with Gasteiger partial charge in [-0.3, -0.25) is 10.0 Å². The van der Waals surface area contributed by atoms with Crippen LogP contribution in [-0.4, -0.2) is 15.7 Å². The standard InChI is InChI=1S/C15H12N2O2/c18-15(16-19)12-5-3-6-13(10-12)17-9-8-11-4-1-2-7-14(11)17/h1-10,19H,(H,16,18). The predicted octanol–water partition coefficient (Wildman–Crippen LogP) is 2.75. The molecule has 0 bridgehead atoms. The lowest BCUT2D eigenvalue weighted by atomic mass is 10.2. The van der Waals surface area contributed by atoms with E-state index in [1.807, 2.05) is 47.2 Å². The second-order valence-corrected chi connectivity index (χ2v) is 4.24. The van der Waals surface area contributed by atoms with Crippen LogP contribution in [0.4, 0.5) is 0 Å². The van der Waals surface area contributed by atoms with E-state index in [1.165, 1.54) is 0 Å². The Balaban J connectivity index is 2.14. The van der Waals surface area contributed by atoms with Crippen LogP contribution < -0.4 is 5.48 Å². The Morgan fingerprint density at radius 3 is 2.74 bits per heavy atom. The normalized spacial score (nSPS) is 10.6. The van der Waals surface area contributed by atoms with Crippen LogP contribution in [0.2, 0.25) is 0 Å². The van der Waals surface area contributed by atoms with E-state index < -0.39 is 5.91 Å². The van der Waals surface area contributed by atoms with Gasteiger partial charge in [-0.1, -0.05) is 24.3 Å². The van der Waals surface area contributed by atoms with Crippen LogP contribution in [0, 0.1) is 0 Å². The van der Waals surface area contributed by atoms with Gasteiger partial charge in [0.25, 0.3) is 5.91 Å². The second kappa shape index (κ2) is 4.59. The third-order valence-electron chi connectivity index (χ3n) is 3.09. The largest absolute Gasteiger partial charge is 0.317 e. The molecule has 94 valence electrons. The van der Waals surface area contributed by atoms with Gasteiger partial charge in [0.2, 0.25) is 0 Å². The van der Waals surface area contributed by atoms with Crippen LogP contribution >= 0.6 is 0 Å². The van der Waals surface area contributed by atoms with E-state index in [0.717, 1.165) is 16.6 Å². The summed E-state index contributed by atoms with van der Waals surface area (Å²) < 4.78 is 2.00. The van der Waals surface area contributed by atoms with Crippen LogP contribution in [-0.2, 0) is 0 Å². The number of rotatable bonds is 2. The van der Waals surface area contributed by atoms with E-state index in [-0.39, 0.29) is 0 Å². The number of hydroxylamine groups is 1.